The Labute approximate surface area is 125 Å². The summed E-state index contributed by atoms with van der Waals surface area (Å²) in [5.74, 6) is 1.36. The molecule has 4 nitrogen and oxygen atoms in total. The van der Waals surface area contributed by atoms with E-state index in [-0.39, 0.29) is 5.91 Å². The van der Waals surface area contributed by atoms with Crippen LogP contribution in [0.3, 0.4) is 0 Å². The minimum Gasteiger partial charge on any atom is -0.493 e. The first kappa shape index (κ1) is 14.4. The summed E-state index contributed by atoms with van der Waals surface area (Å²) < 4.78 is 5.57. The fraction of sp³-hybridized carbons (Fsp3) is 0.588. The molecule has 1 aliphatic heterocycles. The summed E-state index contributed by atoms with van der Waals surface area (Å²) in [5, 5.41) is 10.1. The van der Waals surface area contributed by atoms with E-state index in [1.54, 1.807) is 0 Å². The first-order valence-electron chi connectivity index (χ1n) is 7.85. The Kier molecular flexibility index (Phi) is 4.15. The van der Waals surface area contributed by atoms with Crippen molar-refractivity contribution in [1.82, 2.24) is 4.90 Å². The molecule has 21 heavy (non-hydrogen) atoms. The first-order chi connectivity index (χ1) is 10.2. The van der Waals surface area contributed by atoms with Gasteiger partial charge in [0.05, 0.1) is 18.6 Å². The molecule has 114 valence electrons. The normalized spacial score (nSPS) is 21.1. The van der Waals surface area contributed by atoms with Gasteiger partial charge in [-0.3, -0.25) is 4.79 Å². The van der Waals surface area contributed by atoms with Crippen LogP contribution in [0.15, 0.2) is 30.3 Å². The van der Waals surface area contributed by atoms with Crippen molar-refractivity contribution in [3.63, 3.8) is 0 Å². The highest BCUT2D eigenvalue weighted by Gasteiger charge is 2.48. The van der Waals surface area contributed by atoms with Gasteiger partial charge in [-0.15, -0.1) is 0 Å². The van der Waals surface area contributed by atoms with E-state index in [2.05, 4.69) is 0 Å². The molecule has 0 aromatic heterocycles. The van der Waals surface area contributed by atoms with Crippen LogP contribution in [0, 0.1) is 5.92 Å². The molecule has 0 atom stereocenters. The number of rotatable bonds is 5. The van der Waals surface area contributed by atoms with Gasteiger partial charge < -0.3 is 14.7 Å². The molecule has 1 N–H and O–H groups in total. The second-order valence-electron chi connectivity index (χ2n) is 6.17. The van der Waals surface area contributed by atoms with Crippen molar-refractivity contribution in [3.05, 3.63) is 30.3 Å². The number of likely N-dealkylation sites (tertiary alicyclic amines) is 1. The van der Waals surface area contributed by atoms with Gasteiger partial charge in [-0.05, 0) is 43.7 Å². The molecule has 1 amide bonds. The maximum Gasteiger partial charge on any atom is 0.225 e. The van der Waals surface area contributed by atoms with Gasteiger partial charge in [-0.2, -0.15) is 0 Å². The summed E-state index contributed by atoms with van der Waals surface area (Å²) in [7, 11) is 0. The number of piperidine rings is 1. The molecule has 4 heteroatoms. The fourth-order valence-electron chi connectivity index (χ4n) is 3.13. The maximum atomic E-state index is 12.1. The fourth-order valence-corrected chi connectivity index (χ4v) is 3.13. The van der Waals surface area contributed by atoms with Crippen LogP contribution >= 0.6 is 0 Å². The zero-order chi connectivity index (χ0) is 14.7. The number of nitrogens with zero attached hydrogens (tertiary/aromatic N) is 1. The zero-order valence-corrected chi connectivity index (χ0v) is 12.3. The predicted octanol–water partition coefficient (Wildman–Crippen LogP) is 2.22. The average Bonchev–Trinajstić information content (AvgIpc) is 3.27. The highest BCUT2D eigenvalue weighted by Crippen LogP contribution is 2.46. The monoisotopic (exact) mass is 289 g/mol. The summed E-state index contributed by atoms with van der Waals surface area (Å²) in [6.45, 7) is 1.97. The lowest BCUT2D eigenvalue weighted by molar-refractivity contribution is -0.133. The number of hydrogen-bond donors (Lipinski definition) is 1. The minimum absolute atomic E-state index is 0.159. The van der Waals surface area contributed by atoms with E-state index in [4.69, 9.17) is 4.74 Å². The smallest absolute Gasteiger partial charge is 0.225 e. The van der Waals surface area contributed by atoms with Gasteiger partial charge in [0.1, 0.15) is 5.75 Å². The van der Waals surface area contributed by atoms with Gasteiger partial charge in [0.2, 0.25) is 5.91 Å². The molecule has 1 saturated carbocycles. The third kappa shape index (κ3) is 3.56. The molecule has 0 spiro atoms. The van der Waals surface area contributed by atoms with Crippen LogP contribution in [0.2, 0.25) is 0 Å². The molecule has 2 fully saturated rings. The summed E-state index contributed by atoms with van der Waals surface area (Å²) in [6.07, 6.45) is 4.17. The van der Waals surface area contributed by atoms with Gasteiger partial charge in [0, 0.05) is 13.1 Å². The zero-order valence-electron chi connectivity index (χ0n) is 12.3. The molecule has 0 bridgehead atoms. The third-order valence-electron chi connectivity index (χ3n) is 4.70. The van der Waals surface area contributed by atoms with Crippen molar-refractivity contribution in [2.75, 3.05) is 19.7 Å². The number of carbonyl (C=O) groups excluding carboxylic acids is 1. The van der Waals surface area contributed by atoms with Crippen LogP contribution in [0.5, 0.6) is 5.75 Å². The number of ether oxygens (including phenoxy) is 1. The molecule has 1 aromatic carbocycles. The standard InChI is InChI=1S/C17H23NO3/c19-16(8-13-21-15-4-2-1-3-5-15)18-11-6-14(7-12-18)17(20)9-10-17/h1-5,14,20H,6-13H2. The maximum absolute atomic E-state index is 12.1. The van der Waals surface area contributed by atoms with Gasteiger partial charge in [-0.1, -0.05) is 18.2 Å². The Bertz CT molecular complexity index is 476. The number of benzene rings is 1. The van der Waals surface area contributed by atoms with Crippen LogP contribution in [-0.2, 0) is 4.79 Å². The number of para-hydroxylation sites is 1. The van der Waals surface area contributed by atoms with Crippen LogP contribution < -0.4 is 4.74 Å². The van der Waals surface area contributed by atoms with E-state index in [9.17, 15) is 9.90 Å². The molecule has 0 unspecified atom stereocenters. The number of carbonyl (C=O) groups is 1. The highest BCUT2D eigenvalue weighted by molar-refractivity contribution is 5.76. The van der Waals surface area contributed by atoms with Gasteiger partial charge in [-0.25, -0.2) is 0 Å². The second-order valence-corrected chi connectivity index (χ2v) is 6.17. The lowest BCUT2D eigenvalue weighted by atomic mass is 9.89. The van der Waals surface area contributed by atoms with E-state index in [0.29, 0.717) is 18.9 Å². The molecule has 2 aliphatic rings. The summed E-state index contributed by atoms with van der Waals surface area (Å²) in [5.41, 5.74) is -0.397. The van der Waals surface area contributed by atoms with Crippen LogP contribution in [0.25, 0.3) is 0 Å². The molecule has 1 aliphatic carbocycles. The first-order valence-corrected chi connectivity index (χ1v) is 7.85. The molecule has 3 rings (SSSR count). The largest absolute Gasteiger partial charge is 0.493 e. The summed E-state index contributed by atoms with van der Waals surface area (Å²) >= 11 is 0. The SMILES string of the molecule is O=C(CCOc1ccccc1)N1CCC(C2(O)CC2)CC1. The van der Waals surface area contributed by atoms with Crippen molar-refractivity contribution in [3.8, 4) is 5.75 Å². The Morgan fingerprint density at radius 3 is 2.52 bits per heavy atom. The lowest BCUT2D eigenvalue weighted by Crippen LogP contribution is -2.42. The van der Waals surface area contributed by atoms with Crippen LogP contribution in [-0.4, -0.2) is 41.2 Å². The van der Waals surface area contributed by atoms with E-state index in [1.807, 2.05) is 35.2 Å². The van der Waals surface area contributed by atoms with Gasteiger partial charge in [0.15, 0.2) is 0 Å². The number of aliphatic hydroxyl groups is 1. The Balaban J connectivity index is 1.38. The van der Waals surface area contributed by atoms with Crippen LogP contribution in [0.4, 0.5) is 0 Å². The topological polar surface area (TPSA) is 49.8 Å². The van der Waals surface area contributed by atoms with E-state index in [1.165, 1.54) is 0 Å². The molecule has 1 aromatic rings. The van der Waals surface area contributed by atoms with E-state index >= 15 is 0 Å². The molecular weight excluding hydrogens is 266 g/mol. The molecule has 1 saturated heterocycles. The lowest BCUT2D eigenvalue weighted by Gasteiger charge is -2.34. The van der Waals surface area contributed by atoms with Crippen molar-refractivity contribution < 1.29 is 14.6 Å². The quantitative estimate of drug-likeness (QED) is 0.904. The second kappa shape index (κ2) is 6.06. The Morgan fingerprint density at radius 2 is 1.90 bits per heavy atom. The van der Waals surface area contributed by atoms with Crippen LogP contribution in [0.1, 0.15) is 32.1 Å². The Hall–Kier alpha value is -1.55. The van der Waals surface area contributed by atoms with Gasteiger partial charge in [0.25, 0.3) is 0 Å². The van der Waals surface area contributed by atoms with Gasteiger partial charge >= 0.3 is 0 Å². The molecule has 0 radical (unpaired) electrons. The van der Waals surface area contributed by atoms with E-state index < -0.39 is 5.60 Å². The predicted molar refractivity (Wildman–Crippen MR) is 80.0 cm³/mol. The van der Waals surface area contributed by atoms with E-state index in [0.717, 1.165) is 44.5 Å². The molecule has 1 heterocycles. The average molecular weight is 289 g/mol. The van der Waals surface area contributed by atoms with Crippen molar-refractivity contribution in [2.45, 2.75) is 37.7 Å². The summed E-state index contributed by atoms with van der Waals surface area (Å²) in [6, 6.07) is 9.57. The number of amides is 1. The highest BCUT2D eigenvalue weighted by atomic mass is 16.5. The number of hydrogen-bond acceptors (Lipinski definition) is 3. The molecular formula is C17H23NO3. The van der Waals surface area contributed by atoms with Crippen molar-refractivity contribution in [1.29, 1.82) is 0 Å². The third-order valence-corrected chi connectivity index (χ3v) is 4.70. The van der Waals surface area contributed by atoms with Crippen molar-refractivity contribution in [2.24, 2.45) is 5.92 Å². The Morgan fingerprint density at radius 1 is 1.24 bits per heavy atom. The van der Waals surface area contributed by atoms with Crippen molar-refractivity contribution >= 4 is 5.91 Å². The minimum atomic E-state index is -0.397. The summed E-state index contributed by atoms with van der Waals surface area (Å²) in [4.78, 5) is 14.1.